The van der Waals surface area contributed by atoms with Crippen molar-refractivity contribution in [3.63, 3.8) is 0 Å². The van der Waals surface area contributed by atoms with Crippen LogP contribution in [0.2, 0.25) is 0 Å². The van der Waals surface area contributed by atoms with Crippen LogP contribution in [-0.4, -0.2) is 11.5 Å². The third kappa shape index (κ3) is 1.69. The van der Waals surface area contributed by atoms with Crippen molar-refractivity contribution >= 4 is 11.8 Å². The fourth-order valence-corrected chi connectivity index (χ4v) is 2.97. The molecule has 0 N–H and O–H groups in total. The van der Waals surface area contributed by atoms with Crippen LogP contribution in [0.3, 0.4) is 0 Å². The highest BCUT2D eigenvalue weighted by molar-refractivity contribution is 7.99. The molecule has 1 saturated carbocycles. The van der Waals surface area contributed by atoms with Crippen LogP contribution >= 0.6 is 11.8 Å². The maximum Gasteiger partial charge on any atom is 0.00724 e. The van der Waals surface area contributed by atoms with Crippen LogP contribution in [-0.2, 0) is 0 Å². The Balaban J connectivity index is 2.42. The summed E-state index contributed by atoms with van der Waals surface area (Å²) in [4.78, 5) is 0. The lowest BCUT2D eigenvalue weighted by molar-refractivity contribution is 0.287. The Labute approximate surface area is 68.8 Å². The summed E-state index contributed by atoms with van der Waals surface area (Å²) in [7, 11) is 0. The van der Waals surface area contributed by atoms with Crippen molar-refractivity contribution in [1.82, 2.24) is 0 Å². The minimum atomic E-state index is 0.948. The zero-order chi connectivity index (χ0) is 7.56. The molecule has 0 nitrogen and oxygen atoms in total. The quantitative estimate of drug-likeness (QED) is 0.565. The Bertz CT molecular complexity index is 101. The predicted molar refractivity (Wildman–Crippen MR) is 49.5 cm³/mol. The van der Waals surface area contributed by atoms with E-state index >= 15 is 0 Å². The van der Waals surface area contributed by atoms with Crippen LogP contribution in [0.5, 0.6) is 0 Å². The van der Waals surface area contributed by atoms with E-state index in [2.05, 4.69) is 31.9 Å². The first kappa shape index (κ1) is 8.45. The summed E-state index contributed by atoms with van der Waals surface area (Å²) in [5, 5.41) is 0.948. The summed E-state index contributed by atoms with van der Waals surface area (Å²) in [6.45, 7) is 4.80. The Kier molecular flexibility index (Phi) is 3.09. The van der Waals surface area contributed by atoms with Crippen molar-refractivity contribution in [3.05, 3.63) is 0 Å². The standard InChI is InChI=1S/C9H18S/c1-7-5-4-6-9(10-3)8(7)2/h7-9H,4-6H2,1-3H3. The van der Waals surface area contributed by atoms with E-state index < -0.39 is 0 Å². The van der Waals surface area contributed by atoms with E-state index in [0.29, 0.717) is 0 Å². The Hall–Kier alpha value is 0.350. The zero-order valence-electron chi connectivity index (χ0n) is 7.26. The molecular weight excluding hydrogens is 140 g/mol. The summed E-state index contributed by atoms with van der Waals surface area (Å²) >= 11 is 2.06. The van der Waals surface area contributed by atoms with Gasteiger partial charge in [0.25, 0.3) is 0 Å². The van der Waals surface area contributed by atoms with E-state index in [1.807, 2.05) is 0 Å². The number of thioether (sulfide) groups is 1. The van der Waals surface area contributed by atoms with Crippen molar-refractivity contribution in [2.75, 3.05) is 6.26 Å². The van der Waals surface area contributed by atoms with Gasteiger partial charge in [0.15, 0.2) is 0 Å². The maximum absolute atomic E-state index is 2.41. The first-order valence-corrected chi connectivity index (χ1v) is 5.57. The van der Waals surface area contributed by atoms with Gasteiger partial charge < -0.3 is 0 Å². The van der Waals surface area contributed by atoms with Crippen LogP contribution in [0.1, 0.15) is 33.1 Å². The minimum Gasteiger partial charge on any atom is -0.162 e. The van der Waals surface area contributed by atoms with Crippen LogP contribution in [0, 0.1) is 11.8 Å². The van der Waals surface area contributed by atoms with E-state index in [0.717, 1.165) is 17.1 Å². The summed E-state index contributed by atoms with van der Waals surface area (Å²) in [6.07, 6.45) is 6.61. The lowest BCUT2D eigenvalue weighted by Gasteiger charge is -2.32. The van der Waals surface area contributed by atoms with Gasteiger partial charge in [0, 0.05) is 5.25 Å². The van der Waals surface area contributed by atoms with Crippen LogP contribution in [0.25, 0.3) is 0 Å². The molecule has 3 atom stereocenters. The molecule has 1 rings (SSSR count). The topological polar surface area (TPSA) is 0 Å². The summed E-state index contributed by atoms with van der Waals surface area (Å²) < 4.78 is 0. The number of rotatable bonds is 1. The fraction of sp³-hybridized carbons (Fsp3) is 1.00. The van der Waals surface area contributed by atoms with Gasteiger partial charge in [-0.2, -0.15) is 11.8 Å². The van der Waals surface area contributed by atoms with Crippen molar-refractivity contribution < 1.29 is 0 Å². The molecule has 0 bridgehead atoms. The molecule has 1 fully saturated rings. The van der Waals surface area contributed by atoms with E-state index in [9.17, 15) is 0 Å². The molecule has 0 amide bonds. The highest BCUT2D eigenvalue weighted by Crippen LogP contribution is 2.35. The van der Waals surface area contributed by atoms with E-state index in [-0.39, 0.29) is 0 Å². The molecule has 0 aliphatic heterocycles. The van der Waals surface area contributed by atoms with Crippen molar-refractivity contribution in [2.24, 2.45) is 11.8 Å². The van der Waals surface area contributed by atoms with E-state index in [4.69, 9.17) is 0 Å². The second kappa shape index (κ2) is 3.66. The van der Waals surface area contributed by atoms with Gasteiger partial charge in [-0.15, -0.1) is 0 Å². The number of hydrogen-bond acceptors (Lipinski definition) is 1. The Morgan fingerprint density at radius 1 is 1.20 bits per heavy atom. The van der Waals surface area contributed by atoms with Crippen LogP contribution in [0.15, 0.2) is 0 Å². The van der Waals surface area contributed by atoms with Gasteiger partial charge >= 0.3 is 0 Å². The van der Waals surface area contributed by atoms with Gasteiger partial charge in [-0.05, 0) is 24.5 Å². The minimum absolute atomic E-state index is 0.948. The molecule has 0 radical (unpaired) electrons. The predicted octanol–water partition coefficient (Wildman–Crippen LogP) is 3.17. The highest BCUT2D eigenvalue weighted by atomic mass is 32.2. The largest absolute Gasteiger partial charge is 0.162 e. The Morgan fingerprint density at radius 2 is 1.90 bits per heavy atom. The smallest absolute Gasteiger partial charge is 0.00724 e. The molecule has 10 heavy (non-hydrogen) atoms. The summed E-state index contributed by atoms with van der Waals surface area (Å²) in [5.74, 6) is 1.91. The summed E-state index contributed by atoms with van der Waals surface area (Å²) in [5.41, 5.74) is 0. The van der Waals surface area contributed by atoms with Gasteiger partial charge in [-0.3, -0.25) is 0 Å². The SMILES string of the molecule is CSC1CCCC(C)C1C. The second-order valence-corrected chi connectivity index (χ2v) is 4.62. The molecule has 0 aromatic rings. The number of hydrogen-bond donors (Lipinski definition) is 0. The fourth-order valence-electron chi connectivity index (χ4n) is 1.87. The highest BCUT2D eigenvalue weighted by Gasteiger charge is 2.25. The molecule has 0 aromatic heterocycles. The van der Waals surface area contributed by atoms with Crippen LogP contribution < -0.4 is 0 Å². The molecule has 1 aliphatic carbocycles. The molecule has 0 spiro atoms. The third-order valence-electron chi connectivity index (χ3n) is 2.93. The van der Waals surface area contributed by atoms with Gasteiger partial charge in [-0.25, -0.2) is 0 Å². The molecule has 0 aromatic carbocycles. The molecule has 1 aliphatic rings. The lowest BCUT2D eigenvalue weighted by atomic mass is 9.81. The van der Waals surface area contributed by atoms with Gasteiger partial charge in [0.05, 0.1) is 0 Å². The molecule has 0 saturated heterocycles. The van der Waals surface area contributed by atoms with Crippen molar-refractivity contribution in [2.45, 2.75) is 38.4 Å². The van der Waals surface area contributed by atoms with Crippen molar-refractivity contribution in [1.29, 1.82) is 0 Å². The average molecular weight is 158 g/mol. The lowest BCUT2D eigenvalue weighted by Crippen LogP contribution is -2.25. The average Bonchev–Trinajstić information content (AvgIpc) is 1.95. The van der Waals surface area contributed by atoms with Crippen LogP contribution in [0.4, 0.5) is 0 Å². The van der Waals surface area contributed by atoms with Gasteiger partial charge in [0.2, 0.25) is 0 Å². The van der Waals surface area contributed by atoms with E-state index in [1.165, 1.54) is 19.3 Å². The monoisotopic (exact) mass is 158 g/mol. The van der Waals surface area contributed by atoms with E-state index in [1.54, 1.807) is 0 Å². The van der Waals surface area contributed by atoms with Crippen molar-refractivity contribution in [3.8, 4) is 0 Å². The zero-order valence-corrected chi connectivity index (χ0v) is 8.08. The van der Waals surface area contributed by atoms with Gasteiger partial charge in [-0.1, -0.05) is 26.7 Å². The summed E-state index contributed by atoms with van der Waals surface area (Å²) in [6, 6.07) is 0. The third-order valence-corrected chi connectivity index (χ3v) is 4.21. The molecule has 60 valence electrons. The first-order chi connectivity index (χ1) is 4.75. The first-order valence-electron chi connectivity index (χ1n) is 4.28. The molecule has 0 heterocycles. The molecule has 1 heteroatoms. The van der Waals surface area contributed by atoms with Gasteiger partial charge in [0.1, 0.15) is 0 Å². The second-order valence-electron chi connectivity index (χ2n) is 3.54. The molecule has 3 unspecified atom stereocenters. The molecular formula is C9H18S. The Morgan fingerprint density at radius 3 is 2.40 bits per heavy atom. The normalized spacial score (nSPS) is 41.7. The maximum atomic E-state index is 2.41.